The molecule has 1 saturated carbocycles. The molecule has 1 saturated heterocycles. The molecule has 2 N–H and O–H groups in total. The number of nitrogens with zero attached hydrogens (tertiary/aromatic N) is 3. The van der Waals surface area contributed by atoms with Gasteiger partial charge in [-0.25, -0.2) is 4.98 Å². The highest BCUT2D eigenvalue weighted by molar-refractivity contribution is 5.80. The molecule has 2 aliphatic rings. The van der Waals surface area contributed by atoms with E-state index in [1.54, 1.807) is 0 Å². The van der Waals surface area contributed by atoms with E-state index in [2.05, 4.69) is 44.6 Å². The van der Waals surface area contributed by atoms with E-state index in [4.69, 9.17) is 0 Å². The molecule has 2 heterocycles. The summed E-state index contributed by atoms with van der Waals surface area (Å²) in [6, 6.07) is 4.87. The first kappa shape index (κ1) is 14.2. The van der Waals surface area contributed by atoms with Gasteiger partial charge in [0.2, 0.25) is 0 Å². The molecule has 1 aromatic rings. The van der Waals surface area contributed by atoms with Crippen molar-refractivity contribution >= 4 is 11.8 Å². The summed E-state index contributed by atoms with van der Waals surface area (Å²) in [6.07, 6.45) is 5.78. The van der Waals surface area contributed by atoms with Gasteiger partial charge in [0.15, 0.2) is 5.96 Å². The Bertz CT molecular complexity index is 490. The summed E-state index contributed by atoms with van der Waals surface area (Å²) in [4.78, 5) is 11.2. The number of guanidine groups is 1. The van der Waals surface area contributed by atoms with Crippen LogP contribution in [0.5, 0.6) is 0 Å². The Morgan fingerprint density at radius 1 is 1.38 bits per heavy atom. The lowest BCUT2D eigenvalue weighted by atomic mass is 10.3. The van der Waals surface area contributed by atoms with E-state index >= 15 is 0 Å². The van der Waals surface area contributed by atoms with Crippen LogP contribution in [-0.2, 0) is 6.54 Å². The monoisotopic (exact) mass is 287 g/mol. The molecule has 5 heteroatoms. The average molecular weight is 287 g/mol. The Morgan fingerprint density at radius 3 is 2.71 bits per heavy atom. The van der Waals surface area contributed by atoms with Gasteiger partial charge < -0.3 is 15.5 Å². The van der Waals surface area contributed by atoms with Crippen molar-refractivity contribution in [2.24, 2.45) is 10.9 Å². The van der Waals surface area contributed by atoms with Gasteiger partial charge in [-0.2, -0.15) is 0 Å². The van der Waals surface area contributed by atoms with Crippen molar-refractivity contribution in [1.29, 1.82) is 0 Å². The predicted molar refractivity (Wildman–Crippen MR) is 86.6 cm³/mol. The first-order chi connectivity index (χ1) is 10.3. The summed E-state index contributed by atoms with van der Waals surface area (Å²) < 4.78 is 0. The van der Waals surface area contributed by atoms with Gasteiger partial charge in [-0.3, -0.25) is 4.99 Å². The smallest absolute Gasteiger partial charge is 0.191 e. The first-order valence-corrected chi connectivity index (χ1v) is 7.93. The molecule has 1 aromatic heterocycles. The molecule has 114 valence electrons. The first-order valence-electron chi connectivity index (χ1n) is 7.93. The van der Waals surface area contributed by atoms with Crippen molar-refractivity contribution in [3.05, 3.63) is 23.9 Å². The van der Waals surface area contributed by atoms with Crippen molar-refractivity contribution in [3.8, 4) is 0 Å². The third-order valence-corrected chi connectivity index (χ3v) is 4.35. The molecule has 0 aromatic carbocycles. The van der Waals surface area contributed by atoms with E-state index in [1.165, 1.54) is 24.8 Å². The van der Waals surface area contributed by atoms with Crippen molar-refractivity contribution in [1.82, 2.24) is 15.6 Å². The number of pyridine rings is 1. The molecule has 1 aliphatic carbocycles. The number of rotatable bonds is 4. The van der Waals surface area contributed by atoms with E-state index in [0.717, 1.165) is 37.3 Å². The topological polar surface area (TPSA) is 52.6 Å². The second kappa shape index (κ2) is 6.33. The van der Waals surface area contributed by atoms with E-state index in [9.17, 15) is 0 Å². The van der Waals surface area contributed by atoms with Crippen LogP contribution in [0.25, 0.3) is 0 Å². The summed E-state index contributed by atoms with van der Waals surface area (Å²) in [6.45, 7) is 5.29. The highest BCUT2D eigenvalue weighted by Gasteiger charge is 2.33. The van der Waals surface area contributed by atoms with Crippen molar-refractivity contribution in [3.63, 3.8) is 0 Å². The zero-order chi connectivity index (χ0) is 14.7. The normalized spacial score (nSPS) is 25.0. The highest BCUT2D eigenvalue weighted by Crippen LogP contribution is 2.28. The lowest BCUT2D eigenvalue weighted by Gasteiger charge is -2.16. The molecule has 3 rings (SSSR count). The molecule has 0 bridgehead atoms. The van der Waals surface area contributed by atoms with Gasteiger partial charge in [-0.05, 0) is 36.8 Å². The van der Waals surface area contributed by atoms with E-state index in [0.29, 0.717) is 6.04 Å². The fourth-order valence-corrected chi connectivity index (χ4v) is 2.73. The number of aliphatic imine (C=N–C) groups is 1. The van der Waals surface area contributed by atoms with Gasteiger partial charge in [-0.1, -0.05) is 13.0 Å². The molecular weight excluding hydrogens is 262 g/mol. The fourth-order valence-electron chi connectivity index (χ4n) is 2.73. The van der Waals surface area contributed by atoms with Crippen molar-refractivity contribution in [2.45, 2.75) is 38.8 Å². The number of anilines is 1. The SMILES string of the molecule is CN=C(NCc1ccc(N2CCCC2)nc1)NC1CC1C. The quantitative estimate of drug-likeness (QED) is 0.654. The van der Waals surface area contributed by atoms with Crippen LogP contribution in [-0.4, -0.2) is 37.1 Å². The Hall–Kier alpha value is -1.78. The van der Waals surface area contributed by atoms with Crippen LogP contribution < -0.4 is 15.5 Å². The van der Waals surface area contributed by atoms with Gasteiger partial charge in [0, 0.05) is 38.9 Å². The lowest BCUT2D eigenvalue weighted by Crippen LogP contribution is -2.38. The summed E-state index contributed by atoms with van der Waals surface area (Å²) in [7, 11) is 1.82. The molecule has 0 amide bonds. The standard InChI is InChI=1S/C16H25N5/c1-12-9-14(12)20-16(17-2)19-11-13-5-6-15(18-10-13)21-7-3-4-8-21/h5-6,10,12,14H,3-4,7-9,11H2,1-2H3,(H2,17,19,20). The van der Waals surface area contributed by atoms with Gasteiger partial charge in [0.25, 0.3) is 0 Å². The van der Waals surface area contributed by atoms with Gasteiger partial charge in [0.05, 0.1) is 0 Å². The van der Waals surface area contributed by atoms with E-state index < -0.39 is 0 Å². The van der Waals surface area contributed by atoms with Crippen LogP contribution in [0.3, 0.4) is 0 Å². The van der Waals surface area contributed by atoms with Gasteiger partial charge in [-0.15, -0.1) is 0 Å². The third kappa shape index (κ3) is 3.65. The molecule has 2 atom stereocenters. The summed E-state index contributed by atoms with van der Waals surface area (Å²) >= 11 is 0. The number of aromatic nitrogens is 1. The third-order valence-electron chi connectivity index (χ3n) is 4.35. The molecule has 21 heavy (non-hydrogen) atoms. The highest BCUT2D eigenvalue weighted by atomic mass is 15.2. The molecule has 0 spiro atoms. The van der Waals surface area contributed by atoms with Crippen LogP contribution in [0.2, 0.25) is 0 Å². The average Bonchev–Trinajstić information content (AvgIpc) is 2.99. The predicted octanol–water partition coefficient (Wildman–Crippen LogP) is 1.76. The molecule has 5 nitrogen and oxygen atoms in total. The maximum absolute atomic E-state index is 4.58. The lowest BCUT2D eigenvalue weighted by molar-refractivity contribution is 0.762. The number of nitrogens with one attached hydrogen (secondary N) is 2. The molecular formula is C16H25N5. The minimum atomic E-state index is 0.590. The summed E-state index contributed by atoms with van der Waals surface area (Å²) in [5.74, 6) is 2.75. The van der Waals surface area contributed by atoms with Gasteiger partial charge >= 0.3 is 0 Å². The molecule has 2 fully saturated rings. The largest absolute Gasteiger partial charge is 0.357 e. The number of hydrogen-bond acceptors (Lipinski definition) is 3. The molecule has 2 unspecified atom stereocenters. The zero-order valence-electron chi connectivity index (χ0n) is 13.0. The summed E-state index contributed by atoms with van der Waals surface area (Å²) in [5.41, 5.74) is 1.18. The van der Waals surface area contributed by atoms with Crippen molar-refractivity contribution in [2.75, 3.05) is 25.0 Å². The van der Waals surface area contributed by atoms with Crippen LogP contribution in [0.1, 0.15) is 31.7 Å². The second-order valence-corrected chi connectivity index (χ2v) is 6.11. The van der Waals surface area contributed by atoms with E-state index in [-0.39, 0.29) is 0 Å². The maximum atomic E-state index is 4.58. The summed E-state index contributed by atoms with van der Waals surface area (Å²) in [5, 5.41) is 6.78. The minimum Gasteiger partial charge on any atom is -0.357 e. The maximum Gasteiger partial charge on any atom is 0.191 e. The fraction of sp³-hybridized carbons (Fsp3) is 0.625. The minimum absolute atomic E-state index is 0.590. The Labute approximate surface area is 126 Å². The number of hydrogen-bond donors (Lipinski definition) is 2. The Morgan fingerprint density at radius 2 is 2.14 bits per heavy atom. The van der Waals surface area contributed by atoms with E-state index in [1.807, 2.05) is 13.2 Å². The van der Waals surface area contributed by atoms with Crippen LogP contribution >= 0.6 is 0 Å². The Kier molecular flexibility index (Phi) is 4.27. The van der Waals surface area contributed by atoms with Crippen LogP contribution in [0.15, 0.2) is 23.3 Å². The molecule has 1 aliphatic heterocycles. The van der Waals surface area contributed by atoms with Crippen LogP contribution in [0.4, 0.5) is 5.82 Å². The van der Waals surface area contributed by atoms with Crippen LogP contribution in [0, 0.1) is 5.92 Å². The Balaban J connectivity index is 1.50. The molecule has 0 radical (unpaired) electrons. The van der Waals surface area contributed by atoms with Crippen molar-refractivity contribution < 1.29 is 0 Å². The second-order valence-electron chi connectivity index (χ2n) is 6.11. The zero-order valence-corrected chi connectivity index (χ0v) is 13.0. The van der Waals surface area contributed by atoms with Gasteiger partial charge in [0.1, 0.15) is 5.82 Å².